The van der Waals surface area contributed by atoms with Gasteiger partial charge in [0.25, 0.3) is 0 Å². The van der Waals surface area contributed by atoms with Crippen molar-refractivity contribution in [2.45, 2.75) is 37.9 Å². The molecule has 0 radical (unpaired) electrons. The number of methoxy groups -OCH3 is 1. The van der Waals surface area contributed by atoms with Gasteiger partial charge in [0.2, 0.25) is 5.91 Å². The molecule has 1 spiro atoms. The molecule has 0 aliphatic carbocycles. The van der Waals surface area contributed by atoms with Crippen molar-refractivity contribution in [3.05, 3.63) is 16.1 Å². The number of aryl methyl sites for hydroxylation is 1. The third-order valence-corrected chi connectivity index (χ3v) is 5.02. The van der Waals surface area contributed by atoms with Gasteiger partial charge < -0.3 is 14.4 Å². The van der Waals surface area contributed by atoms with E-state index in [1.807, 2.05) is 17.2 Å². The van der Waals surface area contributed by atoms with E-state index in [0.717, 1.165) is 30.2 Å². The second-order valence-corrected chi connectivity index (χ2v) is 6.61. The topological polar surface area (TPSA) is 51.7 Å². The molecule has 0 N–H and O–H groups in total. The lowest BCUT2D eigenvalue weighted by molar-refractivity contribution is -0.130. The van der Waals surface area contributed by atoms with E-state index in [9.17, 15) is 4.79 Å². The molecule has 2 saturated heterocycles. The molecule has 0 aromatic carbocycles. The number of hydrogen-bond donors (Lipinski definition) is 0. The zero-order valence-electron chi connectivity index (χ0n) is 11.9. The van der Waals surface area contributed by atoms with Gasteiger partial charge in [0, 0.05) is 25.6 Å². The Hall–Kier alpha value is -0.980. The van der Waals surface area contributed by atoms with Crippen molar-refractivity contribution in [2.75, 3.05) is 26.8 Å². The molecule has 2 fully saturated rings. The van der Waals surface area contributed by atoms with Crippen molar-refractivity contribution < 1.29 is 14.3 Å². The Bertz CT molecular complexity index is 496. The van der Waals surface area contributed by atoms with Gasteiger partial charge in [-0.15, -0.1) is 11.3 Å². The number of aromatic nitrogens is 1. The summed E-state index contributed by atoms with van der Waals surface area (Å²) >= 11 is 1.58. The fourth-order valence-electron chi connectivity index (χ4n) is 3.19. The Morgan fingerprint density at radius 2 is 2.55 bits per heavy atom. The smallest absolute Gasteiger partial charge is 0.228 e. The standard InChI is InChI=1S/C14H20N2O3S/c1-10-15-11(8-20-10)6-13(17)16-7-12(18-2)14(9-16)4-3-5-19-14/h8,12H,3-7,9H2,1-2H3/t12-,14-/m0/s1. The Labute approximate surface area is 122 Å². The highest BCUT2D eigenvalue weighted by atomic mass is 32.1. The summed E-state index contributed by atoms with van der Waals surface area (Å²) in [6, 6.07) is 0. The largest absolute Gasteiger partial charge is 0.377 e. The number of likely N-dealkylation sites (tertiary alicyclic amines) is 1. The Balaban J connectivity index is 1.67. The van der Waals surface area contributed by atoms with Gasteiger partial charge in [-0.1, -0.05) is 0 Å². The Morgan fingerprint density at radius 1 is 1.70 bits per heavy atom. The number of ether oxygens (including phenoxy) is 2. The summed E-state index contributed by atoms with van der Waals surface area (Å²) in [7, 11) is 1.70. The summed E-state index contributed by atoms with van der Waals surface area (Å²) in [5.74, 6) is 0.115. The van der Waals surface area contributed by atoms with Gasteiger partial charge >= 0.3 is 0 Å². The van der Waals surface area contributed by atoms with Gasteiger partial charge in [0.1, 0.15) is 11.7 Å². The molecule has 2 aliphatic rings. The zero-order chi connectivity index (χ0) is 14.2. The summed E-state index contributed by atoms with van der Waals surface area (Å²) in [6.07, 6.45) is 2.39. The molecule has 2 aliphatic heterocycles. The molecule has 1 aromatic rings. The second kappa shape index (κ2) is 5.42. The molecular formula is C14H20N2O3S. The van der Waals surface area contributed by atoms with Crippen LogP contribution in [-0.4, -0.2) is 54.3 Å². The van der Waals surface area contributed by atoms with Crippen LogP contribution >= 0.6 is 11.3 Å². The first-order valence-electron chi connectivity index (χ1n) is 6.98. The van der Waals surface area contributed by atoms with E-state index < -0.39 is 0 Å². The first kappa shape index (κ1) is 14.0. The van der Waals surface area contributed by atoms with Crippen LogP contribution in [0.1, 0.15) is 23.5 Å². The van der Waals surface area contributed by atoms with E-state index in [1.165, 1.54) is 0 Å². The SMILES string of the molecule is CO[C@H]1CN(C(=O)Cc2csc(C)n2)C[C@@]12CCCO2. The average molecular weight is 296 g/mol. The molecule has 0 saturated carbocycles. The molecule has 0 unspecified atom stereocenters. The van der Waals surface area contributed by atoms with E-state index >= 15 is 0 Å². The predicted molar refractivity (Wildman–Crippen MR) is 75.8 cm³/mol. The van der Waals surface area contributed by atoms with E-state index in [-0.39, 0.29) is 17.6 Å². The van der Waals surface area contributed by atoms with Crippen LogP contribution in [0.3, 0.4) is 0 Å². The van der Waals surface area contributed by atoms with Crippen LogP contribution in [0.4, 0.5) is 0 Å². The van der Waals surface area contributed by atoms with Crippen LogP contribution in [0.15, 0.2) is 5.38 Å². The quantitative estimate of drug-likeness (QED) is 0.846. The third-order valence-electron chi connectivity index (χ3n) is 4.20. The molecule has 6 heteroatoms. The molecule has 3 heterocycles. The number of carbonyl (C=O) groups excluding carboxylic acids is 1. The van der Waals surface area contributed by atoms with Crippen LogP contribution in [0.5, 0.6) is 0 Å². The highest BCUT2D eigenvalue weighted by Gasteiger charge is 2.51. The van der Waals surface area contributed by atoms with Crippen LogP contribution in [0.25, 0.3) is 0 Å². The minimum absolute atomic E-state index is 0.00822. The first-order chi connectivity index (χ1) is 9.63. The second-order valence-electron chi connectivity index (χ2n) is 5.55. The number of carbonyl (C=O) groups is 1. The molecule has 2 atom stereocenters. The lowest BCUT2D eigenvalue weighted by Gasteiger charge is -2.27. The molecule has 110 valence electrons. The number of nitrogens with zero attached hydrogens (tertiary/aromatic N) is 2. The minimum atomic E-state index is -0.275. The van der Waals surface area contributed by atoms with Crippen molar-refractivity contribution in [2.24, 2.45) is 0 Å². The zero-order valence-corrected chi connectivity index (χ0v) is 12.7. The maximum Gasteiger partial charge on any atom is 0.228 e. The monoisotopic (exact) mass is 296 g/mol. The highest BCUT2D eigenvalue weighted by molar-refractivity contribution is 7.09. The van der Waals surface area contributed by atoms with Gasteiger partial charge in [-0.05, 0) is 19.8 Å². The van der Waals surface area contributed by atoms with Crippen molar-refractivity contribution in [3.8, 4) is 0 Å². The van der Waals surface area contributed by atoms with Crippen LogP contribution in [-0.2, 0) is 20.7 Å². The van der Waals surface area contributed by atoms with Gasteiger partial charge in [0.15, 0.2) is 0 Å². The molecule has 5 nitrogen and oxygen atoms in total. The molecule has 0 bridgehead atoms. The minimum Gasteiger partial charge on any atom is -0.377 e. The van der Waals surface area contributed by atoms with Gasteiger partial charge in [-0.25, -0.2) is 4.98 Å². The maximum atomic E-state index is 12.4. The Morgan fingerprint density at radius 3 is 3.15 bits per heavy atom. The van der Waals surface area contributed by atoms with E-state index in [1.54, 1.807) is 18.4 Å². The van der Waals surface area contributed by atoms with Crippen molar-refractivity contribution in [3.63, 3.8) is 0 Å². The molecule has 3 rings (SSSR count). The fourth-order valence-corrected chi connectivity index (χ4v) is 3.80. The lowest BCUT2D eigenvalue weighted by atomic mass is 9.96. The Kier molecular flexibility index (Phi) is 3.79. The van der Waals surface area contributed by atoms with Crippen LogP contribution < -0.4 is 0 Å². The van der Waals surface area contributed by atoms with E-state index in [4.69, 9.17) is 9.47 Å². The van der Waals surface area contributed by atoms with Crippen LogP contribution in [0, 0.1) is 6.92 Å². The average Bonchev–Trinajstić information content (AvgIpc) is 3.12. The molecule has 1 aromatic heterocycles. The summed E-state index contributed by atoms with van der Waals surface area (Å²) in [5.41, 5.74) is 0.585. The van der Waals surface area contributed by atoms with Gasteiger partial charge in [-0.2, -0.15) is 0 Å². The first-order valence-corrected chi connectivity index (χ1v) is 7.86. The van der Waals surface area contributed by atoms with Crippen molar-refractivity contribution >= 4 is 17.2 Å². The summed E-state index contributed by atoms with van der Waals surface area (Å²) < 4.78 is 11.5. The van der Waals surface area contributed by atoms with Crippen molar-refractivity contribution in [1.29, 1.82) is 0 Å². The van der Waals surface area contributed by atoms with Crippen molar-refractivity contribution in [1.82, 2.24) is 9.88 Å². The predicted octanol–water partition coefficient (Wildman–Crippen LogP) is 1.40. The third kappa shape index (κ3) is 2.47. The van der Waals surface area contributed by atoms with E-state index in [2.05, 4.69) is 4.98 Å². The summed E-state index contributed by atoms with van der Waals surface area (Å²) in [5, 5.41) is 2.96. The molecule has 20 heavy (non-hydrogen) atoms. The molecular weight excluding hydrogens is 276 g/mol. The lowest BCUT2D eigenvalue weighted by Crippen LogP contribution is -2.42. The number of rotatable bonds is 3. The van der Waals surface area contributed by atoms with Crippen LogP contribution in [0.2, 0.25) is 0 Å². The summed E-state index contributed by atoms with van der Waals surface area (Å²) in [4.78, 5) is 18.6. The number of amides is 1. The highest BCUT2D eigenvalue weighted by Crippen LogP contribution is 2.36. The maximum absolute atomic E-state index is 12.4. The fraction of sp³-hybridized carbons (Fsp3) is 0.714. The normalized spacial score (nSPS) is 29.5. The number of thiazole rings is 1. The molecule has 1 amide bonds. The van der Waals surface area contributed by atoms with Gasteiger partial charge in [0.05, 0.1) is 23.7 Å². The van der Waals surface area contributed by atoms with E-state index in [0.29, 0.717) is 19.5 Å². The number of hydrogen-bond acceptors (Lipinski definition) is 5. The van der Waals surface area contributed by atoms with Gasteiger partial charge in [-0.3, -0.25) is 4.79 Å². The summed E-state index contributed by atoms with van der Waals surface area (Å²) in [6.45, 7) is 4.00.